The molecule has 0 bridgehead atoms. The zero-order valence-electron chi connectivity index (χ0n) is 12.5. The van der Waals surface area contributed by atoms with E-state index >= 15 is 0 Å². The molecule has 0 amide bonds. The number of hydrogen-bond acceptors (Lipinski definition) is 3. The summed E-state index contributed by atoms with van der Waals surface area (Å²) < 4.78 is 27.6. The third kappa shape index (κ3) is 4.07. The van der Waals surface area contributed by atoms with Crippen molar-refractivity contribution >= 4 is 10.0 Å². The normalized spacial score (nSPS) is 21.9. The fraction of sp³-hybridized carbons (Fsp3) is 0.500. The van der Waals surface area contributed by atoms with Crippen LogP contribution in [-0.2, 0) is 10.0 Å². The van der Waals surface area contributed by atoms with Gasteiger partial charge in [0.25, 0.3) is 0 Å². The molecule has 114 valence electrons. The smallest absolute Gasteiger partial charge is 0.240 e. The van der Waals surface area contributed by atoms with Crippen LogP contribution in [0.2, 0.25) is 0 Å². The molecule has 1 aromatic rings. The van der Waals surface area contributed by atoms with E-state index in [1.54, 1.807) is 18.2 Å². The van der Waals surface area contributed by atoms with E-state index in [0.717, 1.165) is 30.4 Å². The highest BCUT2D eigenvalue weighted by Crippen LogP contribution is 2.26. The van der Waals surface area contributed by atoms with Gasteiger partial charge in [0.15, 0.2) is 0 Å². The van der Waals surface area contributed by atoms with Crippen LogP contribution < -0.4 is 10.5 Å². The molecule has 0 spiro atoms. The molecule has 0 radical (unpaired) electrons. The Balaban J connectivity index is 2.18. The molecule has 21 heavy (non-hydrogen) atoms. The zero-order chi connectivity index (χ0) is 15.5. The molecule has 0 aliphatic heterocycles. The van der Waals surface area contributed by atoms with Crippen LogP contribution in [0.25, 0.3) is 0 Å². The van der Waals surface area contributed by atoms with Gasteiger partial charge in [0.1, 0.15) is 0 Å². The predicted octanol–water partition coefficient (Wildman–Crippen LogP) is 1.77. The van der Waals surface area contributed by atoms with Gasteiger partial charge in [-0.1, -0.05) is 18.8 Å². The number of benzene rings is 1. The lowest BCUT2D eigenvalue weighted by atomic mass is 10.1. The average molecular weight is 306 g/mol. The standard InChI is InChI=1S/C16H22N2O2S/c1-12-5-7-15(10-12)18-21(19,20)16-8-6-14(4-3-9-17)13(2)11-16/h6,8,11-12,15,18H,5,7,9-10,17H2,1-2H3. The molecule has 1 fully saturated rings. The number of sulfonamides is 1. The third-order valence-corrected chi connectivity index (χ3v) is 5.37. The highest BCUT2D eigenvalue weighted by Gasteiger charge is 2.26. The first-order valence-electron chi connectivity index (χ1n) is 7.24. The molecular weight excluding hydrogens is 284 g/mol. The van der Waals surface area contributed by atoms with Crippen molar-refractivity contribution in [3.8, 4) is 11.8 Å². The molecule has 4 nitrogen and oxygen atoms in total. The van der Waals surface area contributed by atoms with Crippen LogP contribution in [0, 0.1) is 24.7 Å². The maximum atomic E-state index is 12.4. The summed E-state index contributed by atoms with van der Waals surface area (Å²) in [4.78, 5) is 0.304. The third-order valence-electron chi connectivity index (χ3n) is 3.85. The van der Waals surface area contributed by atoms with Gasteiger partial charge in [-0.15, -0.1) is 0 Å². The van der Waals surface area contributed by atoms with Crippen LogP contribution in [0.4, 0.5) is 0 Å². The quantitative estimate of drug-likeness (QED) is 0.836. The van der Waals surface area contributed by atoms with Gasteiger partial charge in [0, 0.05) is 11.6 Å². The summed E-state index contributed by atoms with van der Waals surface area (Å²) in [6.45, 7) is 4.31. The van der Waals surface area contributed by atoms with E-state index in [1.165, 1.54) is 0 Å². The van der Waals surface area contributed by atoms with Gasteiger partial charge in [-0.05, 0) is 55.9 Å². The Morgan fingerprint density at radius 3 is 2.71 bits per heavy atom. The summed E-state index contributed by atoms with van der Waals surface area (Å²) in [5, 5.41) is 0. The van der Waals surface area contributed by atoms with Crippen molar-refractivity contribution in [2.75, 3.05) is 6.54 Å². The molecule has 0 heterocycles. The van der Waals surface area contributed by atoms with Crippen LogP contribution in [0.15, 0.2) is 23.1 Å². The lowest BCUT2D eigenvalue weighted by Gasteiger charge is -2.13. The molecule has 5 heteroatoms. The van der Waals surface area contributed by atoms with Gasteiger partial charge < -0.3 is 5.73 Å². The van der Waals surface area contributed by atoms with Gasteiger partial charge in [-0.3, -0.25) is 0 Å². The minimum Gasteiger partial charge on any atom is -0.320 e. The highest BCUT2D eigenvalue weighted by atomic mass is 32.2. The maximum absolute atomic E-state index is 12.4. The Labute approximate surface area is 127 Å². The van der Waals surface area contributed by atoms with Gasteiger partial charge in [-0.25, -0.2) is 13.1 Å². The fourth-order valence-corrected chi connectivity index (χ4v) is 4.06. The Morgan fingerprint density at radius 2 is 2.14 bits per heavy atom. The first kappa shape index (κ1) is 16.0. The minimum atomic E-state index is -3.45. The molecule has 3 N–H and O–H groups in total. The number of nitrogens with two attached hydrogens (primary N) is 1. The van der Waals surface area contributed by atoms with E-state index in [4.69, 9.17) is 5.73 Å². The SMILES string of the molecule is Cc1cc(S(=O)(=O)NC2CCC(C)C2)ccc1C#CCN. The number of nitrogens with one attached hydrogen (secondary N) is 1. The second-order valence-electron chi connectivity index (χ2n) is 5.72. The van der Waals surface area contributed by atoms with Crippen molar-refractivity contribution < 1.29 is 8.42 Å². The molecule has 2 atom stereocenters. The molecule has 2 unspecified atom stereocenters. The van der Waals surface area contributed by atoms with Gasteiger partial charge in [0.05, 0.1) is 11.4 Å². The van der Waals surface area contributed by atoms with Crippen molar-refractivity contribution in [3.63, 3.8) is 0 Å². The van der Waals surface area contributed by atoms with Crippen molar-refractivity contribution in [2.45, 2.75) is 44.0 Å². The molecule has 1 saturated carbocycles. The first-order chi connectivity index (χ1) is 9.92. The van der Waals surface area contributed by atoms with E-state index < -0.39 is 10.0 Å². The Bertz CT molecular complexity index is 671. The van der Waals surface area contributed by atoms with Gasteiger partial charge >= 0.3 is 0 Å². The van der Waals surface area contributed by atoms with E-state index in [-0.39, 0.29) is 6.04 Å². The predicted molar refractivity (Wildman–Crippen MR) is 84.2 cm³/mol. The Kier molecular flexibility index (Phi) is 5.04. The minimum absolute atomic E-state index is 0.0574. The lowest BCUT2D eigenvalue weighted by molar-refractivity contribution is 0.538. The summed E-state index contributed by atoms with van der Waals surface area (Å²) in [6.07, 6.45) is 2.91. The van der Waals surface area contributed by atoms with Crippen LogP contribution in [-0.4, -0.2) is 21.0 Å². The Hall–Kier alpha value is -1.35. The number of rotatable bonds is 3. The number of aryl methyl sites for hydroxylation is 1. The van der Waals surface area contributed by atoms with E-state index in [1.807, 2.05) is 6.92 Å². The topological polar surface area (TPSA) is 72.2 Å². The van der Waals surface area contributed by atoms with E-state index in [9.17, 15) is 8.42 Å². The summed E-state index contributed by atoms with van der Waals surface area (Å²) in [5.41, 5.74) is 7.01. The van der Waals surface area contributed by atoms with Crippen LogP contribution in [0.3, 0.4) is 0 Å². The first-order valence-corrected chi connectivity index (χ1v) is 8.72. The second kappa shape index (κ2) is 6.61. The summed E-state index contributed by atoms with van der Waals surface area (Å²) in [5.74, 6) is 6.31. The van der Waals surface area contributed by atoms with E-state index in [2.05, 4.69) is 23.5 Å². The van der Waals surface area contributed by atoms with Gasteiger partial charge in [-0.2, -0.15) is 0 Å². The van der Waals surface area contributed by atoms with Crippen molar-refractivity contribution in [1.82, 2.24) is 4.72 Å². The van der Waals surface area contributed by atoms with Crippen LogP contribution in [0.1, 0.15) is 37.3 Å². The van der Waals surface area contributed by atoms with Crippen molar-refractivity contribution in [3.05, 3.63) is 29.3 Å². The average Bonchev–Trinajstić information content (AvgIpc) is 2.82. The molecule has 0 aromatic heterocycles. The summed E-state index contributed by atoms with van der Waals surface area (Å²) in [7, 11) is -3.45. The zero-order valence-corrected chi connectivity index (χ0v) is 13.3. The summed E-state index contributed by atoms with van der Waals surface area (Å²) >= 11 is 0. The van der Waals surface area contributed by atoms with Crippen molar-refractivity contribution in [1.29, 1.82) is 0 Å². The molecule has 1 aliphatic carbocycles. The highest BCUT2D eigenvalue weighted by molar-refractivity contribution is 7.89. The molecule has 1 aromatic carbocycles. The van der Waals surface area contributed by atoms with Crippen molar-refractivity contribution in [2.24, 2.45) is 11.7 Å². The Morgan fingerprint density at radius 1 is 1.38 bits per heavy atom. The van der Waals surface area contributed by atoms with Crippen LogP contribution >= 0.6 is 0 Å². The molecule has 2 rings (SSSR count). The molecule has 1 aliphatic rings. The fourth-order valence-electron chi connectivity index (χ4n) is 2.69. The molecule has 0 saturated heterocycles. The maximum Gasteiger partial charge on any atom is 0.240 e. The second-order valence-corrected chi connectivity index (χ2v) is 7.43. The monoisotopic (exact) mass is 306 g/mol. The van der Waals surface area contributed by atoms with E-state index in [0.29, 0.717) is 17.4 Å². The number of hydrogen-bond donors (Lipinski definition) is 2. The summed E-state index contributed by atoms with van der Waals surface area (Å²) in [6, 6.07) is 5.07. The van der Waals surface area contributed by atoms with Crippen LogP contribution in [0.5, 0.6) is 0 Å². The lowest BCUT2D eigenvalue weighted by Crippen LogP contribution is -2.33. The largest absolute Gasteiger partial charge is 0.320 e. The molecular formula is C16H22N2O2S. The van der Waals surface area contributed by atoms with Gasteiger partial charge in [0.2, 0.25) is 10.0 Å².